The molecule has 1 aromatic rings. The molecule has 94 valence electrons. The first-order chi connectivity index (χ1) is 8.25. The standard InChI is InChI=1S/C10H15F2N5/c11-8(12)9-14-10(16-15-9)17-3-1-2-6-4-13-5-7(6)17/h6-8,13H,1-5H2,(H,14,15,16). The van der Waals surface area contributed by atoms with Gasteiger partial charge in [0.25, 0.3) is 6.43 Å². The number of aromatic amines is 1. The molecule has 2 unspecified atom stereocenters. The molecular formula is C10H15F2N5. The second-order valence-corrected chi connectivity index (χ2v) is 4.64. The Kier molecular flexibility index (Phi) is 2.70. The summed E-state index contributed by atoms with van der Waals surface area (Å²) in [6.07, 6.45) is -0.319. The van der Waals surface area contributed by atoms with Crippen LogP contribution in [0.2, 0.25) is 0 Å². The number of anilines is 1. The number of rotatable bonds is 2. The predicted octanol–water partition coefficient (Wildman–Crippen LogP) is 0.930. The fraction of sp³-hybridized carbons (Fsp3) is 0.800. The van der Waals surface area contributed by atoms with E-state index in [1.54, 1.807) is 0 Å². The van der Waals surface area contributed by atoms with Gasteiger partial charge in [-0.2, -0.15) is 4.98 Å². The Morgan fingerprint density at radius 1 is 1.35 bits per heavy atom. The number of nitrogens with zero attached hydrogens (tertiary/aromatic N) is 3. The third-order valence-corrected chi connectivity index (χ3v) is 3.63. The zero-order valence-electron chi connectivity index (χ0n) is 9.37. The number of alkyl halides is 2. The van der Waals surface area contributed by atoms with E-state index >= 15 is 0 Å². The summed E-state index contributed by atoms with van der Waals surface area (Å²) in [6.45, 7) is 2.75. The van der Waals surface area contributed by atoms with Gasteiger partial charge in [0.15, 0.2) is 5.82 Å². The van der Waals surface area contributed by atoms with Crippen LogP contribution < -0.4 is 10.2 Å². The summed E-state index contributed by atoms with van der Waals surface area (Å²) in [5, 5.41) is 9.55. The van der Waals surface area contributed by atoms with Crippen LogP contribution in [0, 0.1) is 5.92 Å². The smallest absolute Gasteiger partial charge is 0.296 e. The molecule has 3 heterocycles. The highest BCUT2D eigenvalue weighted by Crippen LogP contribution is 2.29. The topological polar surface area (TPSA) is 56.8 Å². The van der Waals surface area contributed by atoms with Crippen molar-refractivity contribution in [1.82, 2.24) is 20.5 Å². The lowest BCUT2D eigenvalue weighted by Gasteiger charge is -2.36. The molecule has 2 fully saturated rings. The number of nitrogens with one attached hydrogen (secondary N) is 2. The number of hydrogen-bond acceptors (Lipinski definition) is 4. The van der Waals surface area contributed by atoms with Gasteiger partial charge in [0.2, 0.25) is 5.95 Å². The van der Waals surface area contributed by atoms with Gasteiger partial charge in [0, 0.05) is 25.7 Å². The molecule has 0 aliphatic carbocycles. The van der Waals surface area contributed by atoms with Crippen LogP contribution in [-0.4, -0.2) is 40.9 Å². The van der Waals surface area contributed by atoms with E-state index in [0.717, 1.165) is 26.1 Å². The van der Waals surface area contributed by atoms with E-state index in [1.807, 2.05) is 0 Å². The molecule has 0 radical (unpaired) electrons. The van der Waals surface area contributed by atoms with E-state index in [0.29, 0.717) is 17.9 Å². The van der Waals surface area contributed by atoms with Crippen molar-refractivity contribution in [3.63, 3.8) is 0 Å². The third-order valence-electron chi connectivity index (χ3n) is 3.63. The van der Waals surface area contributed by atoms with Crippen LogP contribution >= 0.6 is 0 Å². The molecule has 1 aromatic heterocycles. The van der Waals surface area contributed by atoms with Gasteiger partial charge in [0.1, 0.15) is 0 Å². The molecule has 0 aromatic carbocycles. The Labute approximate surface area is 97.6 Å². The number of piperidine rings is 1. The van der Waals surface area contributed by atoms with Gasteiger partial charge in [-0.1, -0.05) is 0 Å². The normalized spacial score (nSPS) is 28.8. The third kappa shape index (κ3) is 1.88. The summed E-state index contributed by atoms with van der Waals surface area (Å²) in [7, 11) is 0. The second kappa shape index (κ2) is 4.21. The molecule has 2 N–H and O–H groups in total. The Bertz CT molecular complexity index is 394. The minimum Gasteiger partial charge on any atom is -0.335 e. The Hall–Kier alpha value is -1.24. The molecule has 2 saturated heterocycles. The molecule has 7 heteroatoms. The molecule has 17 heavy (non-hydrogen) atoms. The van der Waals surface area contributed by atoms with Crippen LogP contribution in [0.1, 0.15) is 25.1 Å². The average Bonchev–Trinajstić information content (AvgIpc) is 2.97. The van der Waals surface area contributed by atoms with Crippen molar-refractivity contribution < 1.29 is 8.78 Å². The predicted molar refractivity (Wildman–Crippen MR) is 58.1 cm³/mol. The van der Waals surface area contributed by atoms with Crippen molar-refractivity contribution in [2.75, 3.05) is 24.5 Å². The maximum atomic E-state index is 12.5. The van der Waals surface area contributed by atoms with Crippen molar-refractivity contribution >= 4 is 5.95 Å². The molecule has 3 rings (SSSR count). The molecule has 2 aliphatic heterocycles. The van der Waals surface area contributed by atoms with Crippen LogP contribution in [0.25, 0.3) is 0 Å². The zero-order valence-corrected chi connectivity index (χ0v) is 9.37. The van der Waals surface area contributed by atoms with Gasteiger partial charge >= 0.3 is 0 Å². The van der Waals surface area contributed by atoms with Gasteiger partial charge < -0.3 is 10.2 Å². The molecule has 2 aliphatic rings. The summed E-state index contributed by atoms with van der Waals surface area (Å²) in [5.41, 5.74) is 0. The summed E-state index contributed by atoms with van der Waals surface area (Å²) in [5.74, 6) is 0.670. The fourth-order valence-corrected chi connectivity index (χ4v) is 2.81. The molecule has 0 spiro atoms. The maximum absolute atomic E-state index is 12.5. The van der Waals surface area contributed by atoms with E-state index in [1.165, 1.54) is 6.42 Å². The van der Waals surface area contributed by atoms with Gasteiger partial charge in [-0.15, -0.1) is 5.10 Å². The van der Waals surface area contributed by atoms with Crippen LogP contribution in [0.4, 0.5) is 14.7 Å². The first-order valence-electron chi connectivity index (χ1n) is 5.93. The largest absolute Gasteiger partial charge is 0.335 e. The minimum atomic E-state index is -2.58. The van der Waals surface area contributed by atoms with Gasteiger partial charge in [-0.05, 0) is 18.8 Å². The van der Waals surface area contributed by atoms with E-state index in [2.05, 4.69) is 25.4 Å². The average molecular weight is 243 g/mol. The Morgan fingerprint density at radius 3 is 3.00 bits per heavy atom. The van der Waals surface area contributed by atoms with E-state index in [9.17, 15) is 8.78 Å². The van der Waals surface area contributed by atoms with Crippen LogP contribution in [0.15, 0.2) is 0 Å². The van der Waals surface area contributed by atoms with Crippen LogP contribution in [-0.2, 0) is 0 Å². The maximum Gasteiger partial charge on any atom is 0.296 e. The lowest BCUT2D eigenvalue weighted by Crippen LogP contribution is -2.45. The summed E-state index contributed by atoms with van der Waals surface area (Å²) in [4.78, 5) is 5.93. The number of fused-ring (bicyclic) bond motifs is 1. The van der Waals surface area contributed by atoms with Gasteiger partial charge in [-0.25, -0.2) is 8.78 Å². The van der Waals surface area contributed by atoms with E-state index in [4.69, 9.17) is 0 Å². The lowest BCUT2D eigenvalue weighted by atomic mass is 9.92. The fourth-order valence-electron chi connectivity index (χ4n) is 2.81. The summed E-state index contributed by atoms with van der Waals surface area (Å²) >= 11 is 0. The van der Waals surface area contributed by atoms with Crippen molar-refractivity contribution in [3.8, 4) is 0 Å². The Morgan fingerprint density at radius 2 is 2.24 bits per heavy atom. The number of hydrogen-bond donors (Lipinski definition) is 2. The number of halogens is 2. The van der Waals surface area contributed by atoms with Gasteiger partial charge in [-0.3, -0.25) is 5.10 Å². The lowest BCUT2D eigenvalue weighted by molar-refractivity contribution is 0.141. The van der Waals surface area contributed by atoms with E-state index < -0.39 is 6.43 Å². The second-order valence-electron chi connectivity index (χ2n) is 4.64. The number of aromatic nitrogens is 3. The highest BCUT2D eigenvalue weighted by atomic mass is 19.3. The quantitative estimate of drug-likeness (QED) is 0.811. The molecule has 5 nitrogen and oxygen atoms in total. The van der Waals surface area contributed by atoms with Crippen molar-refractivity contribution in [2.45, 2.75) is 25.3 Å². The van der Waals surface area contributed by atoms with E-state index in [-0.39, 0.29) is 5.82 Å². The first kappa shape index (κ1) is 10.9. The highest BCUT2D eigenvalue weighted by molar-refractivity contribution is 5.33. The minimum absolute atomic E-state index is 0.340. The Balaban J connectivity index is 1.81. The molecule has 0 bridgehead atoms. The van der Waals surface area contributed by atoms with Crippen molar-refractivity contribution in [2.24, 2.45) is 5.92 Å². The SMILES string of the molecule is FC(F)c1nc(N2CCCC3CNCC32)n[nH]1. The molecule has 0 amide bonds. The molecule has 2 atom stereocenters. The first-order valence-corrected chi connectivity index (χ1v) is 5.93. The van der Waals surface area contributed by atoms with Crippen LogP contribution in [0.3, 0.4) is 0 Å². The molecular weight excluding hydrogens is 228 g/mol. The zero-order chi connectivity index (χ0) is 11.8. The highest BCUT2D eigenvalue weighted by Gasteiger charge is 2.36. The van der Waals surface area contributed by atoms with Gasteiger partial charge in [0.05, 0.1) is 0 Å². The monoisotopic (exact) mass is 243 g/mol. The summed E-state index contributed by atoms with van der Waals surface area (Å²) < 4.78 is 24.9. The summed E-state index contributed by atoms with van der Waals surface area (Å²) in [6, 6.07) is 0.352. The van der Waals surface area contributed by atoms with Crippen molar-refractivity contribution in [1.29, 1.82) is 0 Å². The van der Waals surface area contributed by atoms with Crippen LogP contribution in [0.5, 0.6) is 0 Å². The van der Waals surface area contributed by atoms with Crippen molar-refractivity contribution in [3.05, 3.63) is 5.82 Å². The number of H-pyrrole nitrogens is 1. The molecule has 0 saturated carbocycles.